The van der Waals surface area contributed by atoms with Gasteiger partial charge in [0.05, 0.1) is 10.6 Å². The first-order valence-electron chi connectivity index (χ1n) is 5.32. The Morgan fingerprint density at radius 2 is 2.12 bits per heavy atom. The topological polar surface area (TPSA) is 29.1 Å². The van der Waals surface area contributed by atoms with Crippen molar-refractivity contribution >= 4 is 29.1 Å². The molecule has 0 saturated heterocycles. The molecule has 0 atom stereocenters. The molecule has 0 spiro atoms. The van der Waals surface area contributed by atoms with E-state index >= 15 is 0 Å². The number of unbranched alkanes of at least 4 members (excludes halogenated alkanes) is 2. The van der Waals surface area contributed by atoms with Crippen molar-refractivity contribution in [2.24, 2.45) is 0 Å². The van der Waals surface area contributed by atoms with Crippen LogP contribution >= 0.6 is 23.2 Å². The number of halogens is 2. The zero-order valence-electron chi connectivity index (χ0n) is 9.30. The molecule has 17 heavy (non-hydrogen) atoms. The lowest BCUT2D eigenvalue weighted by atomic mass is 10.2. The monoisotopic (exact) mass is 269 g/mol. The Balaban J connectivity index is 2.47. The molecule has 0 unspecified atom stereocenters. The summed E-state index contributed by atoms with van der Waals surface area (Å²) in [5.41, 5.74) is 0.399. The standard InChI is InChI=1S/C13H13Cl2NO/c1-2-3-4-5-8-16-13(17)11-9-10(14)6-7-12(11)15/h1,6-7,9H,3-5,8H2,(H,16,17). The van der Waals surface area contributed by atoms with E-state index in [1.54, 1.807) is 18.2 Å². The summed E-state index contributed by atoms with van der Waals surface area (Å²) in [6.07, 6.45) is 7.62. The van der Waals surface area contributed by atoms with Gasteiger partial charge in [-0.3, -0.25) is 4.79 Å². The average molecular weight is 270 g/mol. The Morgan fingerprint density at radius 3 is 2.82 bits per heavy atom. The fourth-order valence-electron chi connectivity index (χ4n) is 1.32. The molecule has 1 rings (SSSR count). The number of hydrogen-bond acceptors (Lipinski definition) is 1. The normalized spacial score (nSPS) is 9.71. The lowest BCUT2D eigenvalue weighted by molar-refractivity contribution is 0.0953. The van der Waals surface area contributed by atoms with E-state index in [2.05, 4.69) is 11.2 Å². The van der Waals surface area contributed by atoms with Gasteiger partial charge in [-0.05, 0) is 31.0 Å². The summed E-state index contributed by atoms with van der Waals surface area (Å²) in [4.78, 5) is 11.8. The summed E-state index contributed by atoms with van der Waals surface area (Å²) in [6, 6.07) is 4.81. The molecule has 1 aromatic rings. The molecule has 0 heterocycles. The number of amides is 1. The number of nitrogens with one attached hydrogen (secondary N) is 1. The zero-order valence-corrected chi connectivity index (χ0v) is 10.8. The molecular formula is C13H13Cl2NO. The van der Waals surface area contributed by atoms with Crippen LogP contribution in [0.3, 0.4) is 0 Å². The molecule has 1 aromatic carbocycles. The number of rotatable bonds is 5. The number of carbonyl (C=O) groups is 1. The molecule has 0 radical (unpaired) electrons. The molecule has 0 saturated carbocycles. The molecule has 0 bridgehead atoms. The first-order valence-corrected chi connectivity index (χ1v) is 6.07. The molecule has 0 fully saturated rings. The molecule has 0 aliphatic heterocycles. The summed E-state index contributed by atoms with van der Waals surface area (Å²) in [7, 11) is 0. The van der Waals surface area contributed by atoms with Gasteiger partial charge in [0.1, 0.15) is 0 Å². The predicted octanol–water partition coefficient (Wildman–Crippen LogP) is 3.53. The second-order valence-corrected chi connectivity index (χ2v) is 4.38. The average Bonchev–Trinajstić information content (AvgIpc) is 2.32. The van der Waals surface area contributed by atoms with Crippen LogP contribution in [0.2, 0.25) is 10.0 Å². The molecule has 2 nitrogen and oxygen atoms in total. The summed E-state index contributed by atoms with van der Waals surface area (Å²) in [5.74, 6) is 2.34. The highest BCUT2D eigenvalue weighted by molar-refractivity contribution is 6.35. The van der Waals surface area contributed by atoms with E-state index in [0.29, 0.717) is 22.2 Å². The maximum atomic E-state index is 11.8. The minimum absolute atomic E-state index is 0.210. The summed E-state index contributed by atoms with van der Waals surface area (Å²) >= 11 is 11.7. The van der Waals surface area contributed by atoms with Gasteiger partial charge in [0, 0.05) is 18.0 Å². The summed E-state index contributed by atoms with van der Waals surface area (Å²) in [6.45, 7) is 0.587. The molecule has 0 aliphatic carbocycles. The Hall–Kier alpha value is -1.17. The third kappa shape index (κ3) is 4.68. The maximum Gasteiger partial charge on any atom is 0.252 e. The molecule has 1 N–H and O–H groups in total. The lowest BCUT2D eigenvalue weighted by Gasteiger charge is -2.06. The van der Waals surface area contributed by atoms with Crippen molar-refractivity contribution < 1.29 is 4.79 Å². The van der Waals surface area contributed by atoms with Crippen LogP contribution in [0.5, 0.6) is 0 Å². The van der Waals surface area contributed by atoms with Crippen LogP contribution in [0.25, 0.3) is 0 Å². The Kier molecular flexibility index (Phi) is 5.90. The van der Waals surface area contributed by atoms with Crippen molar-refractivity contribution in [1.82, 2.24) is 5.32 Å². The van der Waals surface area contributed by atoms with Gasteiger partial charge >= 0.3 is 0 Å². The number of benzene rings is 1. The van der Waals surface area contributed by atoms with Gasteiger partial charge in [-0.2, -0.15) is 0 Å². The van der Waals surface area contributed by atoms with Gasteiger partial charge in [0.15, 0.2) is 0 Å². The molecule has 4 heteroatoms. The van der Waals surface area contributed by atoms with Crippen molar-refractivity contribution in [2.75, 3.05) is 6.54 Å². The second kappa shape index (κ2) is 7.21. The number of hydrogen-bond donors (Lipinski definition) is 1. The van der Waals surface area contributed by atoms with E-state index in [4.69, 9.17) is 29.6 Å². The Labute approximate surface area is 111 Å². The van der Waals surface area contributed by atoms with Gasteiger partial charge in [-0.1, -0.05) is 23.2 Å². The minimum Gasteiger partial charge on any atom is -0.352 e. The van der Waals surface area contributed by atoms with Crippen LogP contribution in [0.4, 0.5) is 0 Å². The third-order valence-electron chi connectivity index (χ3n) is 2.21. The number of terminal acetylenes is 1. The van der Waals surface area contributed by atoms with Crippen LogP contribution in [-0.2, 0) is 0 Å². The SMILES string of the molecule is C#CCCCCNC(=O)c1cc(Cl)ccc1Cl. The lowest BCUT2D eigenvalue weighted by Crippen LogP contribution is -2.24. The van der Waals surface area contributed by atoms with E-state index in [0.717, 1.165) is 19.3 Å². The highest BCUT2D eigenvalue weighted by atomic mass is 35.5. The van der Waals surface area contributed by atoms with E-state index < -0.39 is 0 Å². The Bertz CT molecular complexity index is 438. The van der Waals surface area contributed by atoms with E-state index in [9.17, 15) is 4.79 Å². The van der Waals surface area contributed by atoms with E-state index in [-0.39, 0.29) is 5.91 Å². The van der Waals surface area contributed by atoms with Crippen LogP contribution in [0.1, 0.15) is 29.6 Å². The van der Waals surface area contributed by atoms with Crippen molar-refractivity contribution in [2.45, 2.75) is 19.3 Å². The van der Waals surface area contributed by atoms with Gasteiger partial charge in [-0.15, -0.1) is 12.3 Å². The molecular weight excluding hydrogens is 257 g/mol. The molecule has 90 valence electrons. The van der Waals surface area contributed by atoms with Gasteiger partial charge in [0.2, 0.25) is 0 Å². The smallest absolute Gasteiger partial charge is 0.252 e. The second-order valence-electron chi connectivity index (χ2n) is 3.54. The van der Waals surface area contributed by atoms with E-state index in [1.165, 1.54) is 0 Å². The fraction of sp³-hybridized carbons (Fsp3) is 0.308. The molecule has 0 aromatic heterocycles. The van der Waals surface area contributed by atoms with Crippen LogP contribution in [-0.4, -0.2) is 12.5 Å². The largest absolute Gasteiger partial charge is 0.352 e. The van der Waals surface area contributed by atoms with Crippen LogP contribution in [0, 0.1) is 12.3 Å². The molecule has 0 aliphatic rings. The zero-order chi connectivity index (χ0) is 12.7. The quantitative estimate of drug-likeness (QED) is 0.643. The summed E-state index contributed by atoms with van der Waals surface area (Å²) in [5, 5.41) is 3.67. The first kappa shape index (κ1) is 13.9. The van der Waals surface area contributed by atoms with Crippen molar-refractivity contribution in [3.63, 3.8) is 0 Å². The first-order chi connectivity index (χ1) is 8.15. The maximum absolute atomic E-state index is 11.8. The third-order valence-corrected chi connectivity index (χ3v) is 2.77. The highest BCUT2D eigenvalue weighted by Gasteiger charge is 2.09. The number of carbonyl (C=O) groups excluding carboxylic acids is 1. The van der Waals surface area contributed by atoms with Crippen molar-refractivity contribution in [1.29, 1.82) is 0 Å². The van der Waals surface area contributed by atoms with Crippen molar-refractivity contribution in [3.8, 4) is 12.3 Å². The predicted molar refractivity (Wildman–Crippen MR) is 71.5 cm³/mol. The minimum atomic E-state index is -0.210. The van der Waals surface area contributed by atoms with Gasteiger partial charge in [-0.25, -0.2) is 0 Å². The van der Waals surface area contributed by atoms with E-state index in [1.807, 2.05) is 0 Å². The summed E-state index contributed by atoms with van der Waals surface area (Å²) < 4.78 is 0. The van der Waals surface area contributed by atoms with Crippen LogP contribution < -0.4 is 5.32 Å². The van der Waals surface area contributed by atoms with Crippen LogP contribution in [0.15, 0.2) is 18.2 Å². The Morgan fingerprint density at radius 1 is 1.35 bits per heavy atom. The highest BCUT2D eigenvalue weighted by Crippen LogP contribution is 2.20. The van der Waals surface area contributed by atoms with Crippen molar-refractivity contribution in [3.05, 3.63) is 33.8 Å². The fourth-order valence-corrected chi connectivity index (χ4v) is 1.70. The molecule has 1 amide bonds. The van der Waals surface area contributed by atoms with Gasteiger partial charge in [0.25, 0.3) is 5.91 Å². The van der Waals surface area contributed by atoms with Gasteiger partial charge < -0.3 is 5.32 Å².